The predicted octanol–water partition coefficient (Wildman–Crippen LogP) is 2.54. The topological polar surface area (TPSA) is 36.0 Å². The molecule has 2 aliphatic rings. The molecule has 136 valence electrons. The largest absolute Gasteiger partial charge is 0.490 e. The third-order valence-electron chi connectivity index (χ3n) is 5.13. The zero-order valence-corrected chi connectivity index (χ0v) is 15.2. The van der Waals surface area contributed by atoms with E-state index < -0.39 is 0 Å². The van der Waals surface area contributed by atoms with Crippen molar-refractivity contribution in [3.63, 3.8) is 0 Å². The van der Waals surface area contributed by atoms with Crippen LogP contribution >= 0.6 is 0 Å². The first kappa shape index (κ1) is 16.9. The van der Waals surface area contributed by atoms with Crippen molar-refractivity contribution in [3.05, 3.63) is 54.1 Å². The van der Waals surface area contributed by atoms with Gasteiger partial charge in [-0.1, -0.05) is 24.3 Å². The molecule has 2 aromatic carbocycles. The van der Waals surface area contributed by atoms with Crippen LogP contribution in [-0.4, -0.2) is 56.7 Å². The molecule has 1 fully saturated rings. The van der Waals surface area contributed by atoms with E-state index in [9.17, 15) is 4.79 Å². The van der Waals surface area contributed by atoms with E-state index in [4.69, 9.17) is 4.74 Å². The molecule has 0 N–H and O–H groups in total. The number of hydrogen-bond acceptors (Lipinski definition) is 4. The quantitative estimate of drug-likeness (QED) is 0.851. The van der Waals surface area contributed by atoms with Crippen LogP contribution in [0.5, 0.6) is 5.75 Å². The van der Waals surface area contributed by atoms with Crippen molar-refractivity contribution in [1.29, 1.82) is 0 Å². The summed E-state index contributed by atoms with van der Waals surface area (Å²) in [4.78, 5) is 19.4. The highest BCUT2D eigenvalue weighted by molar-refractivity contribution is 5.96. The molecule has 0 unspecified atom stereocenters. The van der Waals surface area contributed by atoms with Gasteiger partial charge in [-0.05, 0) is 36.8 Å². The number of piperazine rings is 1. The van der Waals surface area contributed by atoms with Crippen LogP contribution in [0.1, 0.15) is 5.56 Å². The first-order valence-electron chi connectivity index (χ1n) is 9.27. The lowest BCUT2D eigenvalue weighted by molar-refractivity contribution is -0.120. The Morgan fingerprint density at radius 1 is 1.00 bits per heavy atom. The lowest BCUT2D eigenvalue weighted by Crippen LogP contribution is -2.51. The summed E-state index contributed by atoms with van der Waals surface area (Å²) in [7, 11) is 0. The summed E-state index contributed by atoms with van der Waals surface area (Å²) in [6.07, 6.45) is 0. The third-order valence-corrected chi connectivity index (χ3v) is 5.13. The number of rotatable bonds is 3. The molecule has 1 amide bonds. The number of para-hydroxylation sites is 1. The van der Waals surface area contributed by atoms with Gasteiger partial charge in [-0.25, -0.2) is 0 Å². The van der Waals surface area contributed by atoms with Gasteiger partial charge in [0.15, 0.2) is 0 Å². The van der Waals surface area contributed by atoms with Crippen molar-refractivity contribution in [3.8, 4) is 5.75 Å². The number of benzene rings is 2. The average molecular weight is 351 g/mol. The SMILES string of the molecule is Cc1ccc2c(c1)N(C(=O)CN1CCN(c3ccccc3)CC1)CCO2. The first-order valence-corrected chi connectivity index (χ1v) is 9.27. The number of aryl methyl sites for hydroxylation is 1. The minimum Gasteiger partial charge on any atom is -0.490 e. The maximum absolute atomic E-state index is 12.9. The summed E-state index contributed by atoms with van der Waals surface area (Å²) in [5.74, 6) is 0.970. The van der Waals surface area contributed by atoms with Gasteiger partial charge in [0.05, 0.1) is 18.8 Å². The summed E-state index contributed by atoms with van der Waals surface area (Å²) in [6.45, 7) is 7.42. The van der Waals surface area contributed by atoms with E-state index in [1.807, 2.05) is 36.1 Å². The van der Waals surface area contributed by atoms with E-state index in [-0.39, 0.29) is 5.91 Å². The number of amides is 1. The molecule has 4 rings (SSSR count). The first-order chi connectivity index (χ1) is 12.7. The zero-order valence-electron chi connectivity index (χ0n) is 15.2. The Morgan fingerprint density at radius 2 is 1.77 bits per heavy atom. The monoisotopic (exact) mass is 351 g/mol. The lowest BCUT2D eigenvalue weighted by Gasteiger charge is -2.37. The van der Waals surface area contributed by atoms with Crippen molar-refractivity contribution < 1.29 is 9.53 Å². The van der Waals surface area contributed by atoms with E-state index >= 15 is 0 Å². The van der Waals surface area contributed by atoms with E-state index in [2.05, 4.69) is 34.1 Å². The molecule has 0 atom stereocenters. The number of carbonyl (C=O) groups excluding carboxylic acids is 1. The van der Waals surface area contributed by atoms with Crippen LogP contribution in [0.15, 0.2) is 48.5 Å². The molecule has 0 saturated carbocycles. The molecule has 5 heteroatoms. The predicted molar refractivity (Wildman–Crippen MR) is 104 cm³/mol. The fraction of sp³-hybridized carbons (Fsp3) is 0.381. The van der Waals surface area contributed by atoms with E-state index in [0.29, 0.717) is 19.7 Å². The van der Waals surface area contributed by atoms with Crippen molar-refractivity contribution in [2.24, 2.45) is 0 Å². The van der Waals surface area contributed by atoms with Crippen LogP contribution in [0, 0.1) is 6.92 Å². The number of carbonyl (C=O) groups is 1. The highest BCUT2D eigenvalue weighted by Crippen LogP contribution is 2.32. The van der Waals surface area contributed by atoms with Gasteiger partial charge in [0.1, 0.15) is 12.4 Å². The second-order valence-corrected chi connectivity index (χ2v) is 6.96. The van der Waals surface area contributed by atoms with Crippen LogP contribution < -0.4 is 14.5 Å². The summed E-state index contributed by atoms with van der Waals surface area (Å²) in [5, 5.41) is 0. The van der Waals surface area contributed by atoms with Crippen LogP contribution in [-0.2, 0) is 4.79 Å². The Bertz CT molecular complexity index is 770. The molecule has 0 spiro atoms. The highest BCUT2D eigenvalue weighted by atomic mass is 16.5. The Hall–Kier alpha value is -2.53. The molecule has 0 aliphatic carbocycles. The van der Waals surface area contributed by atoms with Crippen LogP contribution in [0.3, 0.4) is 0 Å². The third kappa shape index (κ3) is 3.53. The molecular formula is C21H25N3O2. The Balaban J connectivity index is 1.37. The summed E-state index contributed by atoms with van der Waals surface area (Å²) in [6, 6.07) is 16.5. The van der Waals surface area contributed by atoms with E-state index in [1.165, 1.54) is 5.69 Å². The van der Waals surface area contributed by atoms with Gasteiger partial charge in [-0.3, -0.25) is 9.69 Å². The number of ether oxygens (including phenoxy) is 1. The average Bonchev–Trinajstić information content (AvgIpc) is 2.68. The normalized spacial score (nSPS) is 17.6. The molecule has 1 saturated heterocycles. The van der Waals surface area contributed by atoms with E-state index in [1.54, 1.807) is 0 Å². The molecular weight excluding hydrogens is 326 g/mol. The van der Waals surface area contributed by atoms with Gasteiger partial charge in [0, 0.05) is 31.9 Å². The second-order valence-electron chi connectivity index (χ2n) is 6.96. The Morgan fingerprint density at radius 3 is 2.54 bits per heavy atom. The summed E-state index contributed by atoms with van der Waals surface area (Å²) < 4.78 is 5.70. The van der Waals surface area contributed by atoms with Crippen molar-refractivity contribution in [2.75, 3.05) is 55.7 Å². The number of hydrogen-bond donors (Lipinski definition) is 0. The molecule has 26 heavy (non-hydrogen) atoms. The van der Waals surface area contributed by atoms with Gasteiger partial charge in [0.25, 0.3) is 0 Å². The van der Waals surface area contributed by atoms with Crippen LogP contribution in [0.4, 0.5) is 11.4 Å². The van der Waals surface area contributed by atoms with Gasteiger partial charge in [-0.2, -0.15) is 0 Å². The molecule has 0 bridgehead atoms. The zero-order chi connectivity index (χ0) is 17.9. The van der Waals surface area contributed by atoms with Gasteiger partial charge in [0.2, 0.25) is 5.91 Å². The van der Waals surface area contributed by atoms with Gasteiger partial charge >= 0.3 is 0 Å². The van der Waals surface area contributed by atoms with E-state index in [0.717, 1.165) is 43.2 Å². The second kappa shape index (κ2) is 7.38. The fourth-order valence-electron chi connectivity index (χ4n) is 3.67. The van der Waals surface area contributed by atoms with Gasteiger partial charge < -0.3 is 14.5 Å². The lowest BCUT2D eigenvalue weighted by atomic mass is 10.1. The number of fused-ring (bicyclic) bond motifs is 1. The Kier molecular flexibility index (Phi) is 4.80. The Labute approximate surface area is 154 Å². The maximum Gasteiger partial charge on any atom is 0.241 e. The van der Waals surface area contributed by atoms with Crippen LogP contribution in [0.2, 0.25) is 0 Å². The molecule has 2 aliphatic heterocycles. The standard InChI is InChI=1S/C21H25N3O2/c1-17-7-8-20-19(15-17)24(13-14-26-20)21(25)16-22-9-11-23(12-10-22)18-5-3-2-4-6-18/h2-8,15H,9-14,16H2,1H3. The molecule has 0 aromatic heterocycles. The van der Waals surface area contributed by atoms with Crippen LogP contribution in [0.25, 0.3) is 0 Å². The smallest absolute Gasteiger partial charge is 0.241 e. The molecule has 2 heterocycles. The summed E-state index contributed by atoms with van der Waals surface area (Å²) in [5.41, 5.74) is 3.31. The van der Waals surface area contributed by atoms with Crippen molar-refractivity contribution in [2.45, 2.75) is 6.92 Å². The number of nitrogens with zero attached hydrogens (tertiary/aromatic N) is 3. The summed E-state index contributed by atoms with van der Waals surface area (Å²) >= 11 is 0. The maximum atomic E-state index is 12.9. The molecule has 5 nitrogen and oxygen atoms in total. The van der Waals surface area contributed by atoms with Gasteiger partial charge in [-0.15, -0.1) is 0 Å². The fourth-order valence-corrected chi connectivity index (χ4v) is 3.67. The minimum atomic E-state index is 0.160. The van der Waals surface area contributed by atoms with Crippen molar-refractivity contribution in [1.82, 2.24) is 4.90 Å². The highest BCUT2D eigenvalue weighted by Gasteiger charge is 2.26. The van der Waals surface area contributed by atoms with Crippen molar-refractivity contribution >= 4 is 17.3 Å². The molecule has 2 aromatic rings. The minimum absolute atomic E-state index is 0.160. The molecule has 0 radical (unpaired) electrons. The number of anilines is 2.